The molecule has 15 heavy (non-hydrogen) atoms. The van der Waals surface area contributed by atoms with E-state index in [0.29, 0.717) is 19.8 Å². The number of carbonyl (C=O) groups is 1. The molecular formula is C9H19O5Si. The van der Waals surface area contributed by atoms with Crippen LogP contribution in [0.2, 0.25) is 6.04 Å². The van der Waals surface area contributed by atoms with Gasteiger partial charge in [-0.15, -0.1) is 0 Å². The van der Waals surface area contributed by atoms with E-state index in [4.69, 9.17) is 18.3 Å². The van der Waals surface area contributed by atoms with Crippen molar-refractivity contribution in [1.29, 1.82) is 0 Å². The summed E-state index contributed by atoms with van der Waals surface area (Å²) in [6.45, 7) is 5.66. The molecule has 0 unspecified atom stereocenters. The number of ether oxygens (including phenoxy) is 2. The lowest BCUT2D eigenvalue weighted by Gasteiger charge is -2.10. The maximum absolute atomic E-state index is 11.2. The third-order valence-corrected chi connectivity index (χ3v) is 3.16. The maximum atomic E-state index is 11.2. The Bertz CT molecular complexity index is 165. The number of hydrogen-bond acceptors (Lipinski definition) is 5. The van der Waals surface area contributed by atoms with Crippen LogP contribution in [0.3, 0.4) is 0 Å². The minimum Gasteiger partial charge on any atom is -0.463 e. The zero-order valence-corrected chi connectivity index (χ0v) is 10.6. The molecule has 0 spiro atoms. The van der Waals surface area contributed by atoms with Crippen LogP contribution in [0, 0.1) is 0 Å². The third kappa shape index (κ3) is 8.55. The summed E-state index contributed by atoms with van der Waals surface area (Å²) >= 11 is 0. The molecule has 0 heterocycles. The van der Waals surface area contributed by atoms with E-state index in [0.717, 1.165) is 0 Å². The first-order valence-electron chi connectivity index (χ1n) is 5.00. The average molecular weight is 235 g/mol. The van der Waals surface area contributed by atoms with E-state index in [1.165, 1.54) is 7.11 Å². The summed E-state index contributed by atoms with van der Waals surface area (Å²) in [6, 6.07) is 0.209. The molecule has 0 atom stereocenters. The summed E-state index contributed by atoms with van der Waals surface area (Å²) in [6.07, 6.45) is 0. The minimum atomic E-state index is -1.49. The summed E-state index contributed by atoms with van der Waals surface area (Å²) in [5.74, 6) is -0.293. The fourth-order valence-corrected chi connectivity index (χ4v) is 1.89. The SMILES string of the molecule is CCOCCOC(=O)C[Si](OC)OCC. The molecule has 0 aromatic rings. The van der Waals surface area contributed by atoms with Gasteiger partial charge in [0.1, 0.15) is 6.61 Å². The molecule has 0 aromatic carbocycles. The molecule has 1 radical (unpaired) electrons. The monoisotopic (exact) mass is 235 g/mol. The Balaban J connectivity index is 3.52. The number of carbonyl (C=O) groups excluding carboxylic acids is 1. The van der Waals surface area contributed by atoms with Gasteiger partial charge in [0.15, 0.2) is 0 Å². The van der Waals surface area contributed by atoms with E-state index in [-0.39, 0.29) is 18.6 Å². The van der Waals surface area contributed by atoms with Gasteiger partial charge in [-0.3, -0.25) is 4.79 Å². The Morgan fingerprint density at radius 2 is 1.93 bits per heavy atom. The fraction of sp³-hybridized carbons (Fsp3) is 0.889. The Labute approximate surface area is 92.5 Å². The van der Waals surface area contributed by atoms with Gasteiger partial charge >= 0.3 is 15.3 Å². The summed E-state index contributed by atoms with van der Waals surface area (Å²) in [5, 5.41) is 0. The van der Waals surface area contributed by atoms with Crippen LogP contribution in [0.4, 0.5) is 0 Å². The van der Waals surface area contributed by atoms with Crippen molar-refractivity contribution in [3.05, 3.63) is 0 Å². The molecule has 0 saturated carbocycles. The van der Waals surface area contributed by atoms with Crippen LogP contribution in [0.25, 0.3) is 0 Å². The molecule has 0 rings (SSSR count). The van der Waals surface area contributed by atoms with E-state index in [2.05, 4.69) is 0 Å². The zero-order chi connectivity index (χ0) is 11.5. The third-order valence-electron chi connectivity index (χ3n) is 1.52. The lowest BCUT2D eigenvalue weighted by Crippen LogP contribution is -2.26. The van der Waals surface area contributed by atoms with Gasteiger partial charge in [-0.1, -0.05) is 0 Å². The standard InChI is InChI=1S/C9H19O5Si/c1-4-12-6-7-13-9(10)8-15(11-3)14-5-2/h4-8H2,1-3H3. The number of hydrogen-bond donors (Lipinski definition) is 0. The van der Waals surface area contributed by atoms with Gasteiger partial charge in [0.2, 0.25) is 0 Å². The number of esters is 1. The van der Waals surface area contributed by atoms with Crippen LogP contribution in [-0.4, -0.2) is 48.8 Å². The second-order valence-electron chi connectivity index (χ2n) is 2.60. The van der Waals surface area contributed by atoms with Crippen molar-refractivity contribution in [3.63, 3.8) is 0 Å². The first-order chi connectivity index (χ1) is 7.24. The Morgan fingerprint density at radius 1 is 1.20 bits per heavy atom. The van der Waals surface area contributed by atoms with Crippen molar-refractivity contribution in [3.8, 4) is 0 Å². The summed E-state index contributed by atoms with van der Waals surface area (Å²) in [5.41, 5.74) is 0. The van der Waals surface area contributed by atoms with Crippen LogP contribution in [0.5, 0.6) is 0 Å². The molecule has 0 aliphatic rings. The molecule has 0 saturated heterocycles. The van der Waals surface area contributed by atoms with Crippen LogP contribution in [-0.2, 0) is 23.1 Å². The van der Waals surface area contributed by atoms with Gasteiger partial charge < -0.3 is 18.3 Å². The summed E-state index contributed by atoms with van der Waals surface area (Å²) < 4.78 is 20.2. The highest BCUT2D eigenvalue weighted by Crippen LogP contribution is 1.98. The van der Waals surface area contributed by atoms with E-state index < -0.39 is 9.28 Å². The van der Waals surface area contributed by atoms with Crippen molar-refractivity contribution < 1.29 is 23.1 Å². The molecule has 0 amide bonds. The highest BCUT2D eigenvalue weighted by Gasteiger charge is 2.19. The van der Waals surface area contributed by atoms with E-state index in [9.17, 15) is 4.79 Å². The van der Waals surface area contributed by atoms with Crippen molar-refractivity contribution in [2.24, 2.45) is 0 Å². The van der Waals surface area contributed by atoms with E-state index in [1.807, 2.05) is 13.8 Å². The normalized spacial score (nSPS) is 10.7. The lowest BCUT2D eigenvalue weighted by atomic mass is 10.7. The second-order valence-corrected chi connectivity index (χ2v) is 4.40. The van der Waals surface area contributed by atoms with Crippen molar-refractivity contribution in [2.75, 3.05) is 33.5 Å². The van der Waals surface area contributed by atoms with Crippen LogP contribution >= 0.6 is 0 Å². The van der Waals surface area contributed by atoms with Gasteiger partial charge in [0.25, 0.3) is 0 Å². The van der Waals surface area contributed by atoms with Gasteiger partial charge in [-0.25, -0.2) is 0 Å². The molecule has 0 aromatic heterocycles. The van der Waals surface area contributed by atoms with Gasteiger partial charge in [0.05, 0.1) is 12.7 Å². The van der Waals surface area contributed by atoms with Gasteiger partial charge in [-0.2, -0.15) is 0 Å². The van der Waals surface area contributed by atoms with E-state index in [1.54, 1.807) is 0 Å². The lowest BCUT2D eigenvalue weighted by molar-refractivity contribution is -0.142. The summed E-state index contributed by atoms with van der Waals surface area (Å²) in [7, 11) is 0.0477. The highest BCUT2D eigenvalue weighted by atomic mass is 28.3. The molecule has 0 aliphatic carbocycles. The zero-order valence-electron chi connectivity index (χ0n) is 9.58. The average Bonchev–Trinajstić information content (AvgIpc) is 2.24. The molecule has 89 valence electrons. The molecule has 5 nitrogen and oxygen atoms in total. The van der Waals surface area contributed by atoms with Gasteiger partial charge in [0, 0.05) is 20.3 Å². The topological polar surface area (TPSA) is 54.0 Å². The first kappa shape index (κ1) is 14.6. The molecule has 0 bridgehead atoms. The van der Waals surface area contributed by atoms with Crippen molar-refractivity contribution >= 4 is 15.3 Å². The summed E-state index contributed by atoms with van der Waals surface area (Å²) in [4.78, 5) is 11.2. The Morgan fingerprint density at radius 3 is 2.47 bits per heavy atom. The maximum Gasteiger partial charge on any atom is 0.396 e. The molecule has 0 aliphatic heterocycles. The van der Waals surface area contributed by atoms with Crippen molar-refractivity contribution in [2.45, 2.75) is 19.9 Å². The van der Waals surface area contributed by atoms with Crippen LogP contribution in [0.15, 0.2) is 0 Å². The minimum absolute atomic E-state index is 0.209. The largest absolute Gasteiger partial charge is 0.463 e. The predicted molar refractivity (Wildman–Crippen MR) is 56.6 cm³/mol. The van der Waals surface area contributed by atoms with Crippen molar-refractivity contribution in [1.82, 2.24) is 0 Å². The van der Waals surface area contributed by atoms with Crippen LogP contribution < -0.4 is 0 Å². The molecular weight excluding hydrogens is 216 g/mol. The Kier molecular flexibility index (Phi) is 9.81. The quantitative estimate of drug-likeness (QED) is 0.335. The molecule has 6 heteroatoms. The van der Waals surface area contributed by atoms with E-state index >= 15 is 0 Å². The first-order valence-corrected chi connectivity index (χ1v) is 6.52. The Hall–Kier alpha value is -0.433. The fourth-order valence-electron chi connectivity index (χ4n) is 0.871. The van der Waals surface area contributed by atoms with Crippen LogP contribution in [0.1, 0.15) is 13.8 Å². The highest BCUT2D eigenvalue weighted by molar-refractivity contribution is 6.48. The molecule has 0 fully saturated rings. The smallest absolute Gasteiger partial charge is 0.396 e. The number of rotatable bonds is 9. The molecule has 0 N–H and O–H groups in total. The van der Waals surface area contributed by atoms with Gasteiger partial charge in [-0.05, 0) is 13.8 Å². The predicted octanol–water partition coefficient (Wildman–Crippen LogP) is 0.737. The second kappa shape index (κ2) is 10.1.